The van der Waals surface area contributed by atoms with E-state index in [1.54, 1.807) is 18.5 Å². The van der Waals surface area contributed by atoms with Crippen molar-refractivity contribution in [1.29, 1.82) is 0 Å². The predicted molar refractivity (Wildman–Crippen MR) is 105 cm³/mol. The molecule has 2 aromatic heterocycles. The van der Waals surface area contributed by atoms with Crippen LogP contribution in [-0.4, -0.2) is 58.8 Å². The van der Waals surface area contributed by atoms with Gasteiger partial charge in [0.05, 0.1) is 10.9 Å². The number of ether oxygens (including phenoxy) is 1. The molecule has 0 amide bonds. The molecule has 12 heteroatoms. The number of benzene rings is 1. The summed E-state index contributed by atoms with van der Waals surface area (Å²) in [6, 6.07) is 2.51. The molecule has 0 unspecified atom stereocenters. The van der Waals surface area contributed by atoms with Gasteiger partial charge >= 0.3 is 12.6 Å². The van der Waals surface area contributed by atoms with Crippen LogP contribution in [0.2, 0.25) is 0 Å². The van der Waals surface area contributed by atoms with E-state index in [-0.39, 0.29) is 24.3 Å². The maximum absolute atomic E-state index is 15.0. The van der Waals surface area contributed by atoms with Gasteiger partial charge in [0.2, 0.25) is 11.4 Å². The van der Waals surface area contributed by atoms with Crippen molar-refractivity contribution in [3.63, 3.8) is 0 Å². The van der Waals surface area contributed by atoms with Gasteiger partial charge in [-0.1, -0.05) is 0 Å². The molecule has 4 rings (SSSR count). The SMILES string of the molecule is O=C(O)c1c[nH]c2c(OC(F)F)c(N3CCN(c4ncccn4)CC3)c(F)cc2c1=O. The number of piperazine rings is 1. The summed E-state index contributed by atoms with van der Waals surface area (Å²) in [5.41, 5.74) is -2.09. The largest absolute Gasteiger partial charge is 0.477 e. The van der Waals surface area contributed by atoms with Gasteiger partial charge in [0, 0.05) is 44.8 Å². The Kier molecular flexibility index (Phi) is 5.36. The maximum atomic E-state index is 15.0. The molecule has 2 N–H and O–H groups in total. The first-order chi connectivity index (χ1) is 14.9. The van der Waals surface area contributed by atoms with Gasteiger partial charge in [0.1, 0.15) is 11.3 Å². The van der Waals surface area contributed by atoms with Crippen molar-refractivity contribution >= 4 is 28.5 Å². The molecular formula is C19H16F3N5O4. The molecule has 1 fully saturated rings. The van der Waals surface area contributed by atoms with Crippen molar-refractivity contribution in [2.24, 2.45) is 0 Å². The van der Waals surface area contributed by atoms with E-state index in [9.17, 15) is 18.4 Å². The number of anilines is 2. The zero-order valence-electron chi connectivity index (χ0n) is 15.9. The summed E-state index contributed by atoms with van der Waals surface area (Å²) in [4.78, 5) is 37.8. The van der Waals surface area contributed by atoms with Gasteiger partial charge in [0.15, 0.2) is 11.6 Å². The lowest BCUT2D eigenvalue weighted by Crippen LogP contribution is -2.47. The summed E-state index contributed by atoms with van der Waals surface area (Å²) < 4.78 is 45.9. The zero-order valence-corrected chi connectivity index (χ0v) is 15.9. The van der Waals surface area contributed by atoms with Gasteiger partial charge in [-0.3, -0.25) is 4.79 Å². The number of H-pyrrole nitrogens is 1. The van der Waals surface area contributed by atoms with E-state index in [0.29, 0.717) is 19.0 Å². The molecule has 1 aromatic carbocycles. The Labute approximate surface area is 172 Å². The molecule has 0 spiro atoms. The van der Waals surface area contributed by atoms with Crippen LogP contribution in [0.25, 0.3) is 10.9 Å². The molecule has 0 atom stereocenters. The van der Waals surface area contributed by atoms with Crippen LogP contribution in [-0.2, 0) is 0 Å². The van der Waals surface area contributed by atoms with Gasteiger partial charge < -0.3 is 24.6 Å². The number of aromatic nitrogens is 3. The van der Waals surface area contributed by atoms with Crippen LogP contribution in [0.5, 0.6) is 5.75 Å². The molecule has 1 aliphatic heterocycles. The monoisotopic (exact) mass is 435 g/mol. The summed E-state index contributed by atoms with van der Waals surface area (Å²) in [7, 11) is 0. The normalized spacial score (nSPS) is 14.3. The summed E-state index contributed by atoms with van der Waals surface area (Å²) in [5, 5.41) is 8.70. The summed E-state index contributed by atoms with van der Waals surface area (Å²) in [6.45, 7) is -2.01. The highest BCUT2D eigenvalue weighted by Crippen LogP contribution is 2.38. The zero-order chi connectivity index (χ0) is 22.1. The number of fused-ring (bicyclic) bond motifs is 1. The Hall–Kier alpha value is -3.83. The molecule has 0 saturated carbocycles. The summed E-state index contributed by atoms with van der Waals surface area (Å²) >= 11 is 0. The minimum atomic E-state index is -3.29. The van der Waals surface area contributed by atoms with E-state index in [1.165, 1.54) is 4.90 Å². The van der Waals surface area contributed by atoms with Crippen molar-refractivity contribution in [3.05, 3.63) is 52.3 Å². The molecule has 0 bridgehead atoms. The molecule has 162 valence electrons. The Bertz CT molecular complexity index is 1180. The van der Waals surface area contributed by atoms with Crippen molar-refractivity contribution in [2.45, 2.75) is 6.61 Å². The molecule has 1 aliphatic rings. The highest BCUT2D eigenvalue weighted by Gasteiger charge is 2.28. The average Bonchev–Trinajstić information content (AvgIpc) is 2.75. The minimum absolute atomic E-state index is 0.208. The number of hydrogen-bond donors (Lipinski definition) is 2. The Balaban J connectivity index is 1.75. The van der Waals surface area contributed by atoms with E-state index < -0.39 is 40.5 Å². The van der Waals surface area contributed by atoms with Crippen LogP contribution >= 0.6 is 0 Å². The fourth-order valence-corrected chi connectivity index (χ4v) is 3.54. The van der Waals surface area contributed by atoms with E-state index in [1.807, 2.05) is 4.90 Å². The van der Waals surface area contributed by atoms with Crippen LogP contribution in [0.4, 0.5) is 24.8 Å². The van der Waals surface area contributed by atoms with E-state index in [4.69, 9.17) is 5.11 Å². The number of nitrogens with one attached hydrogen (secondary N) is 1. The van der Waals surface area contributed by atoms with Crippen molar-refractivity contribution < 1.29 is 27.8 Å². The third kappa shape index (κ3) is 3.83. The second-order valence-corrected chi connectivity index (χ2v) is 6.70. The quantitative estimate of drug-likeness (QED) is 0.627. The number of nitrogens with zero attached hydrogens (tertiary/aromatic N) is 4. The van der Waals surface area contributed by atoms with E-state index >= 15 is 4.39 Å². The van der Waals surface area contributed by atoms with Gasteiger partial charge in [0.25, 0.3) is 0 Å². The van der Waals surface area contributed by atoms with Crippen molar-refractivity contribution in [2.75, 3.05) is 36.0 Å². The number of rotatable bonds is 5. The smallest absolute Gasteiger partial charge is 0.387 e. The number of carbonyl (C=O) groups is 1. The molecule has 0 aliphatic carbocycles. The molecule has 0 radical (unpaired) electrons. The maximum Gasteiger partial charge on any atom is 0.387 e. The number of halogens is 3. The van der Waals surface area contributed by atoms with Crippen LogP contribution in [0, 0.1) is 5.82 Å². The third-order valence-corrected chi connectivity index (χ3v) is 4.93. The second kappa shape index (κ2) is 8.13. The van der Waals surface area contributed by atoms with Crippen LogP contribution in [0.1, 0.15) is 10.4 Å². The summed E-state index contributed by atoms with van der Waals surface area (Å²) in [5.74, 6) is -2.55. The lowest BCUT2D eigenvalue weighted by atomic mass is 10.1. The molecule has 31 heavy (non-hydrogen) atoms. The Morgan fingerprint density at radius 1 is 1.16 bits per heavy atom. The topological polar surface area (TPSA) is 112 Å². The number of aromatic amines is 1. The average molecular weight is 435 g/mol. The third-order valence-electron chi connectivity index (χ3n) is 4.93. The van der Waals surface area contributed by atoms with Crippen molar-refractivity contribution in [3.8, 4) is 5.75 Å². The first kappa shape index (κ1) is 20.4. The van der Waals surface area contributed by atoms with Crippen LogP contribution in [0.3, 0.4) is 0 Å². The first-order valence-electron chi connectivity index (χ1n) is 9.19. The molecule has 9 nitrogen and oxygen atoms in total. The van der Waals surface area contributed by atoms with Crippen LogP contribution in [0.15, 0.2) is 35.5 Å². The Morgan fingerprint density at radius 2 is 1.81 bits per heavy atom. The molecular weight excluding hydrogens is 419 g/mol. The molecule has 3 heterocycles. The standard InChI is InChI=1S/C19H16F3N5O4/c20-12-8-10-13(25-9-11(15(10)28)17(29)30)16(31-18(21)22)14(12)26-4-6-27(7-5-26)19-23-2-1-3-24-19/h1-3,8-9,18H,4-7H2,(H,25,28)(H,29,30). The number of hydrogen-bond acceptors (Lipinski definition) is 7. The number of alkyl halides is 2. The van der Waals surface area contributed by atoms with E-state index in [0.717, 1.165) is 12.3 Å². The van der Waals surface area contributed by atoms with Crippen molar-refractivity contribution in [1.82, 2.24) is 15.0 Å². The van der Waals surface area contributed by atoms with Crippen LogP contribution < -0.4 is 20.0 Å². The first-order valence-corrected chi connectivity index (χ1v) is 9.19. The lowest BCUT2D eigenvalue weighted by molar-refractivity contribution is -0.0487. The minimum Gasteiger partial charge on any atom is -0.477 e. The highest BCUT2D eigenvalue weighted by atomic mass is 19.3. The molecule has 1 saturated heterocycles. The number of carboxylic acids is 1. The van der Waals surface area contributed by atoms with Gasteiger partial charge in [-0.05, 0) is 12.1 Å². The lowest BCUT2D eigenvalue weighted by Gasteiger charge is -2.36. The fourth-order valence-electron chi connectivity index (χ4n) is 3.54. The summed E-state index contributed by atoms with van der Waals surface area (Å²) in [6.07, 6.45) is 4.06. The fraction of sp³-hybridized carbons (Fsp3) is 0.263. The Morgan fingerprint density at radius 3 is 2.42 bits per heavy atom. The number of carboxylic acid groups (broad SMARTS) is 1. The van der Waals surface area contributed by atoms with Gasteiger partial charge in [-0.25, -0.2) is 19.2 Å². The highest BCUT2D eigenvalue weighted by molar-refractivity contribution is 5.96. The number of aromatic carboxylic acids is 1. The molecule has 3 aromatic rings. The predicted octanol–water partition coefficient (Wildman–Crippen LogP) is 2.08. The number of pyridine rings is 1. The van der Waals surface area contributed by atoms with E-state index in [2.05, 4.69) is 19.7 Å². The second-order valence-electron chi connectivity index (χ2n) is 6.70. The van der Waals surface area contributed by atoms with Gasteiger partial charge in [-0.15, -0.1) is 0 Å². The van der Waals surface area contributed by atoms with Gasteiger partial charge in [-0.2, -0.15) is 8.78 Å².